The summed E-state index contributed by atoms with van der Waals surface area (Å²) in [5, 5.41) is 2.74. The summed E-state index contributed by atoms with van der Waals surface area (Å²) >= 11 is 0. The highest BCUT2D eigenvalue weighted by molar-refractivity contribution is 6.05. The first-order valence-corrected chi connectivity index (χ1v) is 13.1. The molecule has 11 nitrogen and oxygen atoms in total. The van der Waals surface area contributed by atoms with Crippen LogP contribution in [0, 0.1) is 5.92 Å². The molecule has 0 saturated carbocycles. The SMILES string of the molecule is CCN1C(=O)[C@@H]2CN(C(=O)CCOC[C@H](C)NC3CNNC(=O)C3C(F)(F)F)CCN2c2ncc(C(F)(F)F)cc21. The molecule has 0 radical (unpaired) electrons. The molecule has 17 heteroatoms. The summed E-state index contributed by atoms with van der Waals surface area (Å²) in [5.74, 6) is -3.88. The lowest BCUT2D eigenvalue weighted by Gasteiger charge is -2.47. The lowest BCUT2D eigenvalue weighted by Crippen LogP contribution is -2.65. The Morgan fingerprint density at radius 2 is 1.95 bits per heavy atom. The Morgan fingerprint density at radius 1 is 1.22 bits per heavy atom. The third-order valence-corrected chi connectivity index (χ3v) is 7.24. The number of hydrogen-bond acceptors (Lipinski definition) is 8. The maximum atomic E-state index is 13.3. The van der Waals surface area contributed by atoms with Gasteiger partial charge in [-0.25, -0.2) is 10.4 Å². The lowest BCUT2D eigenvalue weighted by atomic mass is 9.96. The number of likely N-dealkylation sites (N-methyl/N-ethyl adjacent to an activating group) is 1. The van der Waals surface area contributed by atoms with Crippen LogP contribution in [-0.2, 0) is 25.3 Å². The molecule has 3 aliphatic rings. The van der Waals surface area contributed by atoms with Crippen molar-refractivity contribution in [2.24, 2.45) is 5.92 Å². The normalized spacial score (nSPS) is 24.1. The third kappa shape index (κ3) is 6.67. The van der Waals surface area contributed by atoms with Crippen molar-refractivity contribution < 1.29 is 45.5 Å². The van der Waals surface area contributed by atoms with E-state index < -0.39 is 53.8 Å². The Hall–Kier alpha value is -3.18. The van der Waals surface area contributed by atoms with Gasteiger partial charge in [-0.2, -0.15) is 26.3 Å². The van der Waals surface area contributed by atoms with Crippen LogP contribution in [0.15, 0.2) is 12.3 Å². The van der Waals surface area contributed by atoms with Crippen LogP contribution in [0.1, 0.15) is 25.8 Å². The zero-order chi connectivity index (χ0) is 30.1. The molecule has 1 aromatic rings. The second-order valence-electron chi connectivity index (χ2n) is 10.1. The van der Waals surface area contributed by atoms with E-state index in [4.69, 9.17) is 4.74 Å². The third-order valence-electron chi connectivity index (χ3n) is 7.24. The summed E-state index contributed by atoms with van der Waals surface area (Å²) in [6.45, 7) is 3.60. The number of halogens is 6. The van der Waals surface area contributed by atoms with E-state index in [1.807, 2.05) is 5.43 Å². The Kier molecular flexibility index (Phi) is 8.98. The van der Waals surface area contributed by atoms with Gasteiger partial charge in [0, 0.05) is 44.5 Å². The molecule has 0 bridgehead atoms. The van der Waals surface area contributed by atoms with Gasteiger partial charge in [0.2, 0.25) is 11.8 Å². The first kappa shape index (κ1) is 30.8. The molecule has 0 aliphatic carbocycles. The van der Waals surface area contributed by atoms with Crippen LogP contribution in [0.3, 0.4) is 0 Å². The summed E-state index contributed by atoms with van der Waals surface area (Å²) in [4.78, 5) is 46.1. The van der Waals surface area contributed by atoms with E-state index in [9.17, 15) is 40.7 Å². The Labute approximate surface area is 231 Å². The number of hydrogen-bond donors (Lipinski definition) is 3. The number of rotatable bonds is 8. The van der Waals surface area contributed by atoms with Crippen molar-refractivity contribution >= 4 is 29.2 Å². The van der Waals surface area contributed by atoms with Gasteiger partial charge in [-0.1, -0.05) is 0 Å². The van der Waals surface area contributed by atoms with Gasteiger partial charge in [-0.3, -0.25) is 19.8 Å². The predicted molar refractivity (Wildman–Crippen MR) is 132 cm³/mol. The number of nitrogens with one attached hydrogen (secondary N) is 3. The molecule has 4 atom stereocenters. The number of piperazine rings is 1. The van der Waals surface area contributed by atoms with Gasteiger partial charge in [0.1, 0.15) is 6.04 Å². The molecule has 3 aliphatic heterocycles. The summed E-state index contributed by atoms with van der Waals surface area (Å²) in [6.07, 6.45) is -8.66. The van der Waals surface area contributed by atoms with Crippen molar-refractivity contribution in [3.63, 3.8) is 0 Å². The fourth-order valence-electron chi connectivity index (χ4n) is 5.27. The zero-order valence-corrected chi connectivity index (χ0v) is 22.3. The van der Waals surface area contributed by atoms with Crippen LogP contribution in [0.5, 0.6) is 0 Å². The predicted octanol–water partition coefficient (Wildman–Crippen LogP) is 1.05. The monoisotopic (exact) mass is 595 g/mol. The quantitative estimate of drug-likeness (QED) is 0.302. The first-order chi connectivity index (χ1) is 19.2. The number of aromatic nitrogens is 1. The van der Waals surface area contributed by atoms with E-state index in [-0.39, 0.29) is 69.8 Å². The van der Waals surface area contributed by atoms with Gasteiger partial charge in [0.15, 0.2) is 11.7 Å². The van der Waals surface area contributed by atoms with Gasteiger partial charge < -0.3 is 24.8 Å². The number of amides is 3. The zero-order valence-electron chi connectivity index (χ0n) is 22.3. The molecule has 41 heavy (non-hydrogen) atoms. The summed E-state index contributed by atoms with van der Waals surface area (Å²) in [6, 6.07) is -1.65. The van der Waals surface area contributed by atoms with E-state index in [2.05, 4.69) is 15.7 Å². The molecule has 3 amide bonds. The number of fused-ring (bicyclic) bond motifs is 3. The van der Waals surface area contributed by atoms with Crippen molar-refractivity contribution in [3.8, 4) is 0 Å². The minimum atomic E-state index is -4.72. The van der Waals surface area contributed by atoms with Gasteiger partial charge >= 0.3 is 12.4 Å². The molecule has 2 unspecified atom stereocenters. The summed E-state index contributed by atoms with van der Waals surface area (Å²) in [5.41, 5.74) is 3.52. The number of carbonyl (C=O) groups excluding carboxylic acids is 3. The van der Waals surface area contributed by atoms with E-state index in [0.29, 0.717) is 0 Å². The molecule has 4 heterocycles. The van der Waals surface area contributed by atoms with Crippen LogP contribution in [0.25, 0.3) is 0 Å². The topological polar surface area (TPSA) is 119 Å². The average Bonchev–Trinajstić information content (AvgIpc) is 2.89. The lowest BCUT2D eigenvalue weighted by molar-refractivity contribution is -0.193. The average molecular weight is 596 g/mol. The van der Waals surface area contributed by atoms with Crippen LogP contribution in [0.2, 0.25) is 0 Å². The van der Waals surface area contributed by atoms with Crippen molar-refractivity contribution in [3.05, 3.63) is 17.8 Å². The number of anilines is 2. The maximum Gasteiger partial charge on any atom is 0.417 e. The van der Waals surface area contributed by atoms with Crippen LogP contribution in [-0.4, -0.2) is 97.8 Å². The number of pyridine rings is 1. The van der Waals surface area contributed by atoms with Crippen LogP contribution in [0.4, 0.5) is 37.8 Å². The Bertz CT molecular complexity index is 1150. The highest BCUT2D eigenvalue weighted by Crippen LogP contribution is 2.40. The molecule has 0 spiro atoms. The van der Waals surface area contributed by atoms with E-state index >= 15 is 0 Å². The molecule has 4 rings (SSSR count). The van der Waals surface area contributed by atoms with Crippen LogP contribution < -0.4 is 26.0 Å². The molecule has 0 aromatic carbocycles. The van der Waals surface area contributed by atoms with Gasteiger partial charge in [0.25, 0.3) is 5.91 Å². The molecule has 3 N–H and O–H groups in total. The molecule has 2 fully saturated rings. The van der Waals surface area contributed by atoms with Crippen molar-refractivity contribution in [2.75, 3.05) is 55.7 Å². The van der Waals surface area contributed by atoms with Crippen molar-refractivity contribution in [1.82, 2.24) is 26.1 Å². The number of carbonyl (C=O) groups is 3. The molecule has 1 aromatic heterocycles. The van der Waals surface area contributed by atoms with Crippen molar-refractivity contribution in [1.29, 1.82) is 0 Å². The summed E-state index contributed by atoms with van der Waals surface area (Å²) in [7, 11) is 0. The molecular weight excluding hydrogens is 564 g/mol. The number of nitrogens with zero attached hydrogens (tertiary/aromatic N) is 4. The molecular formula is C24H31F6N7O4. The second kappa shape index (κ2) is 12.0. The number of alkyl halides is 6. The Balaban J connectivity index is 1.29. The number of ether oxygens (including phenoxy) is 1. The van der Waals surface area contributed by atoms with E-state index in [1.54, 1.807) is 18.7 Å². The maximum absolute atomic E-state index is 13.3. The summed E-state index contributed by atoms with van der Waals surface area (Å²) < 4.78 is 85.1. The largest absolute Gasteiger partial charge is 0.417 e. The van der Waals surface area contributed by atoms with E-state index in [0.717, 1.165) is 12.3 Å². The van der Waals surface area contributed by atoms with Gasteiger partial charge in [0.05, 0.1) is 37.4 Å². The number of hydrazine groups is 1. The minimum Gasteiger partial charge on any atom is -0.379 e. The van der Waals surface area contributed by atoms with Gasteiger partial charge in [-0.15, -0.1) is 0 Å². The van der Waals surface area contributed by atoms with E-state index in [1.165, 1.54) is 9.80 Å². The molecule has 228 valence electrons. The van der Waals surface area contributed by atoms with Gasteiger partial charge in [-0.05, 0) is 19.9 Å². The standard InChI is InChI=1S/C24H31F6N7O4/c1-3-36-16-8-14(23(25,26)27)9-31-20(16)37-6-5-35(11-17(37)22(36)40)18(38)4-7-41-12-13(2)33-15-10-32-34-21(39)19(15)24(28,29)30/h8-9,13,15,17,19,32-33H,3-7,10-12H2,1-2H3,(H,34,39)/t13-,15?,17-,19?/m0/s1. The second-order valence-corrected chi connectivity index (χ2v) is 10.1. The van der Waals surface area contributed by atoms with Crippen molar-refractivity contribution in [2.45, 2.75) is 50.7 Å². The highest BCUT2D eigenvalue weighted by atomic mass is 19.4. The smallest absolute Gasteiger partial charge is 0.379 e. The van der Waals surface area contributed by atoms with Crippen LogP contribution >= 0.6 is 0 Å². The first-order valence-electron chi connectivity index (χ1n) is 13.1. The Morgan fingerprint density at radius 3 is 2.61 bits per heavy atom. The molecule has 2 saturated heterocycles. The fourth-order valence-corrected chi connectivity index (χ4v) is 5.27. The minimum absolute atomic E-state index is 0.0152. The fraction of sp³-hybridized carbons (Fsp3) is 0.667. The highest BCUT2D eigenvalue weighted by Gasteiger charge is 2.51.